The fourth-order valence-electron chi connectivity index (χ4n) is 1.25. The van der Waals surface area contributed by atoms with Gasteiger partial charge in [-0.2, -0.15) is 0 Å². The van der Waals surface area contributed by atoms with Gasteiger partial charge in [0.1, 0.15) is 5.75 Å². The summed E-state index contributed by atoms with van der Waals surface area (Å²) in [4.78, 5) is 11.6. The molecule has 0 aliphatic heterocycles. The molecule has 0 unspecified atom stereocenters. The van der Waals surface area contributed by atoms with E-state index in [9.17, 15) is 4.79 Å². The van der Waals surface area contributed by atoms with Gasteiger partial charge in [0.2, 0.25) is 0 Å². The SMILES string of the molecule is CCCCNC(=O)c1cccc(OC)c1. The molecule has 0 saturated heterocycles. The van der Waals surface area contributed by atoms with E-state index < -0.39 is 0 Å². The summed E-state index contributed by atoms with van der Waals surface area (Å²) in [5.74, 6) is 0.667. The highest BCUT2D eigenvalue weighted by Crippen LogP contribution is 2.12. The lowest BCUT2D eigenvalue weighted by atomic mass is 10.2. The summed E-state index contributed by atoms with van der Waals surface area (Å²) >= 11 is 0. The van der Waals surface area contributed by atoms with E-state index >= 15 is 0 Å². The van der Waals surface area contributed by atoms with E-state index in [-0.39, 0.29) is 5.91 Å². The van der Waals surface area contributed by atoms with Crippen LogP contribution in [-0.4, -0.2) is 19.6 Å². The Labute approximate surface area is 90.4 Å². The zero-order valence-electron chi connectivity index (χ0n) is 9.25. The highest BCUT2D eigenvalue weighted by Gasteiger charge is 2.04. The minimum absolute atomic E-state index is 0.0395. The fourth-order valence-corrected chi connectivity index (χ4v) is 1.25. The van der Waals surface area contributed by atoms with Gasteiger partial charge in [-0.05, 0) is 24.6 Å². The lowest BCUT2D eigenvalue weighted by molar-refractivity contribution is 0.0953. The molecule has 3 heteroatoms. The van der Waals surface area contributed by atoms with E-state index in [2.05, 4.69) is 12.2 Å². The molecule has 0 heterocycles. The van der Waals surface area contributed by atoms with Gasteiger partial charge in [-0.25, -0.2) is 0 Å². The maximum Gasteiger partial charge on any atom is 0.251 e. The molecule has 0 saturated carbocycles. The normalized spacial score (nSPS) is 9.73. The van der Waals surface area contributed by atoms with Crippen molar-refractivity contribution in [2.45, 2.75) is 19.8 Å². The average molecular weight is 207 g/mol. The number of nitrogens with one attached hydrogen (secondary N) is 1. The monoisotopic (exact) mass is 207 g/mol. The van der Waals surface area contributed by atoms with E-state index in [4.69, 9.17) is 4.74 Å². The molecule has 0 aromatic heterocycles. The fraction of sp³-hybridized carbons (Fsp3) is 0.417. The Bertz CT molecular complexity index is 323. The van der Waals surface area contributed by atoms with Crippen molar-refractivity contribution in [1.29, 1.82) is 0 Å². The topological polar surface area (TPSA) is 38.3 Å². The molecule has 82 valence electrons. The van der Waals surface area contributed by atoms with Gasteiger partial charge in [0, 0.05) is 12.1 Å². The Balaban J connectivity index is 2.57. The summed E-state index contributed by atoms with van der Waals surface area (Å²) in [5, 5.41) is 2.86. The molecule has 1 aromatic rings. The predicted molar refractivity (Wildman–Crippen MR) is 60.2 cm³/mol. The minimum atomic E-state index is -0.0395. The summed E-state index contributed by atoms with van der Waals surface area (Å²) in [5.41, 5.74) is 0.644. The smallest absolute Gasteiger partial charge is 0.251 e. The van der Waals surface area contributed by atoms with Crippen LogP contribution in [0.4, 0.5) is 0 Å². The van der Waals surface area contributed by atoms with Gasteiger partial charge in [0.15, 0.2) is 0 Å². The standard InChI is InChI=1S/C12H17NO2/c1-3-4-8-13-12(14)10-6-5-7-11(9-10)15-2/h5-7,9H,3-4,8H2,1-2H3,(H,13,14). The Morgan fingerprint density at radius 1 is 1.47 bits per heavy atom. The number of carbonyl (C=O) groups is 1. The maximum atomic E-state index is 11.6. The van der Waals surface area contributed by atoms with Crippen LogP contribution in [0.25, 0.3) is 0 Å². The van der Waals surface area contributed by atoms with Gasteiger partial charge in [-0.3, -0.25) is 4.79 Å². The number of carbonyl (C=O) groups excluding carboxylic acids is 1. The van der Waals surface area contributed by atoms with Crippen LogP contribution in [0.5, 0.6) is 5.75 Å². The van der Waals surface area contributed by atoms with Crippen LogP contribution in [0.15, 0.2) is 24.3 Å². The summed E-state index contributed by atoms with van der Waals surface area (Å²) in [6.07, 6.45) is 2.09. The second-order valence-corrected chi connectivity index (χ2v) is 3.34. The molecule has 0 aliphatic rings. The molecule has 0 radical (unpaired) electrons. The molecular formula is C12H17NO2. The van der Waals surface area contributed by atoms with Crippen molar-refractivity contribution < 1.29 is 9.53 Å². The first-order chi connectivity index (χ1) is 7.27. The molecule has 0 aliphatic carbocycles. The summed E-state index contributed by atoms with van der Waals surface area (Å²) in [6, 6.07) is 7.15. The van der Waals surface area contributed by atoms with E-state index in [0.717, 1.165) is 19.4 Å². The summed E-state index contributed by atoms with van der Waals surface area (Å²) in [6.45, 7) is 2.82. The highest BCUT2D eigenvalue weighted by atomic mass is 16.5. The zero-order chi connectivity index (χ0) is 11.1. The molecule has 15 heavy (non-hydrogen) atoms. The van der Waals surface area contributed by atoms with Crippen LogP contribution in [-0.2, 0) is 0 Å². The first-order valence-electron chi connectivity index (χ1n) is 5.20. The number of methoxy groups -OCH3 is 1. The zero-order valence-corrected chi connectivity index (χ0v) is 9.25. The van der Waals surface area contributed by atoms with Gasteiger partial charge in [0.25, 0.3) is 5.91 Å². The Kier molecular flexibility index (Phi) is 4.68. The van der Waals surface area contributed by atoms with Gasteiger partial charge in [-0.15, -0.1) is 0 Å². The minimum Gasteiger partial charge on any atom is -0.497 e. The molecular weight excluding hydrogens is 190 g/mol. The van der Waals surface area contributed by atoms with Gasteiger partial charge in [-0.1, -0.05) is 19.4 Å². The number of hydrogen-bond donors (Lipinski definition) is 1. The van der Waals surface area contributed by atoms with Gasteiger partial charge >= 0.3 is 0 Å². The predicted octanol–water partition coefficient (Wildman–Crippen LogP) is 2.23. The highest BCUT2D eigenvalue weighted by molar-refractivity contribution is 5.94. The first-order valence-corrected chi connectivity index (χ1v) is 5.20. The second-order valence-electron chi connectivity index (χ2n) is 3.34. The van der Waals surface area contributed by atoms with E-state index in [0.29, 0.717) is 11.3 Å². The van der Waals surface area contributed by atoms with Crippen LogP contribution in [0, 0.1) is 0 Å². The molecule has 1 aromatic carbocycles. The van der Waals surface area contributed by atoms with Crippen molar-refractivity contribution in [3.8, 4) is 5.75 Å². The van der Waals surface area contributed by atoms with Crippen LogP contribution < -0.4 is 10.1 Å². The van der Waals surface area contributed by atoms with Gasteiger partial charge in [0.05, 0.1) is 7.11 Å². The third-order valence-corrected chi connectivity index (χ3v) is 2.15. The summed E-state index contributed by atoms with van der Waals surface area (Å²) < 4.78 is 5.05. The molecule has 1 amide bonds. The Morgan fingerprint density at radius 2 is 2.27 bits per heavy atom. The molecule has 1 N–H and O–H groups in total. The van der Waals surface area contributed by atoms with Crippen LogP contribution >= 0.6 is 0 Å². The third-order valence-electron chi connectivity index (χ3n) is 2.15. The van der Waals surface area contributed by atoms with Crippen LogP contribution in [0.3, 0.4) is 0 Å². The molecule has 1 rings (SSSR count). The molecule has 0 atom stereocenters. The van der Waals surface area contributed by atoms with Crippen molar-refractivity contribution in [2.75, 3.05) is 13.7 Å². The quantitative estimate of drug-likeness (QED) is 0.752. The number of amides is 1. The van der Waals surface area contributed by atoms with E-state index in [1.807, 2.05) is 12.1 Å². The van der Waals surface area contributed by atoms with Crippen molar-refractivity contribution >= 4 is 5.91 Å². The first kappa shape index (κ1) is 11.6. The van der Waals surface area contributed by atoms with E-state index in [1.165, 1.54) is 0 Å². The van der Waals surface area contributed by atoms with Crippen molar-refractivity contribution in [3.63, 3.8) is 0 Å². The average Bonchev–Trinajstić information content (AvgIpc) is 2.29. The number of ether oxygens (including phenoxy) is 1. The number of rotatable bonds is 5. The largest absolute Gasteiger partial charge is 0.497 e. The molecule has 0 fully saturated rings. The summed E-state index contributed by atoms with van der Waals surface area (Å²) in [7, 11) is 1.59. The van der Waals surface area contributed by atoms with Crippen molar-refractivity contribution in [1.82, 2.24) is 5.32 Å². The number of hydrogen-bond acceptors (Lipinski definition) is 2. The van der Waals surface area contributed by atoms with E-state index in [1.54, 1.807) is 19.2 Å². The van der Waals surface area contributed by atoms with Crippen molar-refractivity contribution in [3.05, 3.63) is 29.8 Å². The van der Waals surface area contributed by atoms with Gasteiger partial charge < -0.3 is 10.1 Å². The Hall–Kier alpha value is -1.51. The molecule has 0 spiro atoms. The number of unbranched alkanes of at least 4 members (excludes halogenated alkanes) is 1. The lowest BCUT2D eigenvalue weighted by Crippen LogP contribution is -2.24. The maximum absolute atomic E-state index is 11.6. The Morgan fingerprint density at radius 3 is 2.93 bits per heavy atom. The van der Waals surface area contributed by atoms with Crippen LogP contribution in [0.1, 0.15) is 30.1 Å². The van der Waals surface area contributed by atoms with Crippen molar-refractivity contribution in [2.24, 2.45) is 0 Å². The second kappa shape index (κ2) is 6.06. The third kappa shape index (κ3) is 3.62. The number of benzene rings is 1. The lowest BCUT2D eigenvalue weighted by Gasteiger charge is -2.05. The van der Waals surface area contributed by atoms with Crippen LogP contribution in [0.2, 0.25) is 0 Å². The molecule has 0 bridgehead atoms. The molecule has 3 nitrogen and oxygen atoms in total.